The number of aryl methyl sites for hydroxylation is 1. The van der Waals surface area contributed by atoms with Crippen LogP contribution in [-0.2, 0) is 4.79 Å². The Morgan fingerprint density at radius 3 is 2.10 bits per heavy atom. The maximum atomic E-state index is 10.7. The zero-order valence-electron chi connectivity index (χ0n) is 14.4. The zero-order valence-corrected chi connectivity index (χ0v) is 14.4. The van der Waals surface area contributed by atoms with E-state index in [-0.39, 0.29) is 11.7 Å². The molecule has 21 heavy (non-hydrogen) atoms. The highest BCUT2D eigenvalue weighted by Gasteiger charge is 2.03. The van der Waals surface area contributed by atoms with Gasteiger partial charge in [-0.3, -0.25) is 4.79 Å². The van der Waals surface area contributed by atoms with E-state index in [1.54, 1.807) is 7.05 Å². The van der Waals surface area contributed by atoms with Crippen molar-refractivity contribution in [3.63, 3.8) is 0 Å². The summed E-state index contributed by atoms with van der Waals surface area (Å²) in [4.78, 5) is 10.7. The largest absolute Gasteiger partial charge is 0.494 e. The lowest BCUT2D eigenvalue weighted by atomic mass is 10.1. The molecule has 0 aliphatic rings. The van der Waals surface area contributed by atoms with Crippen LogP contribution in [0.1, 0.15) is 39.7 Å². The molecule has 0 saturated carbocycles. The Morgan fingerprint density at radius 2 is 1.71 bits per heavy atom. The highest BCUT2D eigenvalue weighted by Crippen LogP contribution is 2.12. The van der Waals surface area contributed by atoms with Gasteiger partial charge < -0.3 is 10.1 Å². The summed E-state index contributed by atoms with van der Waals surface area (Å²) in [6.45, 7) is 11.6. The lowest BCUT2D eigenvalue weighted by Crippen LogP contribution is -2.22. The van der Waals surface area contributed by atoms with Crippen LogP contribution in [0.25, 0.3) is 0 Å². The zero-order chi connectivity index (χ0) is 16.3. The Hall–Kier alpha value is -1.35. The first-order valence-corrected chi connectivity index (χ1v) is 7.73. The number of rotatable bonds is 7. The summed E-state index contributed by atoms with van der Waals surface area (Å²) in [5.41, 5.74) is 1.27. The lowest BCUT2D eigenvalue weighted by molar-refractivity contribution is -0.120. The quantitative estimate of drug-likeness (QED) is 0.830. The average molecular weight is 293 g/mol. The number of likely N-dealkylation sites (N-methyl/N-ethyl adjacent to an activating group) is 1. The fourth-order valence-corrected chi connectivity index (χ4v) is 1.43. The fourth-order valence-electron chi connectivity index (χ4n) is 1.43. The van der Waals surface area contributed by atoms with E-state index < -0.39 is 0 Å². The standard InChI is InChI=1S/C12H18O.C6H13NO/c1-10(2)8-9-13-12-6-4-11(3)5-7-12;1-5(2)6(8)4-7-3/h4-7,10H,8-9H2,1-3H3;5,7H,4H2,1-3H3. The lowest BCUT2D eigenvalue weighted by Gasteiger charge is -2.07. The summed E-state index contributed by atoms with van der Waals surface area (Å²) in [5.74, 6) is 2.13. The second kappa shape index (κ2) is 11.3. The van der Waals surface area contributed by atoms with Crippen molar-refractivity contribution in [2.75, 3.05) is 20.2 Å². The van der Waals surface area contributed by atoms with Gasteiger partial charge in [-0.05, 0) is 38.4 Å². The second-order valence-electron chi connectivity index (χ2n) is 6.00. The van der Waals surface area contributed by atoms with Gasteiger partial charge in [0.1, 0.15) is 11.5 Å². The number of carbonyl (C=O) groups excluding carboxylic acids is 1. The third kappa shape index (κ3) is 11.0. The van der Waals surface area contributed by atoms with Crippen molar-refractivity contribution in [1.29, 1.82) is 0 Å². The molecule has 1 N–H and O–H groups in total. The fraction of sp³-hybridized carbons (Fsp3) is 0.611. The Morgan fingerprint density at radius 1 is 1.14 bits per heavy atom. The van der Waals surface area contributed by atoms with Crippen molar-refractivity contribution < 1.29 is 9.53 Å². The van der Waals surface area contributed by atoms with Gasteiger partial charge in [-0.1, -0.05) is 45.4 Å². The summed E-state index contributed by atoms with van der Waals surface area (Å²) in [6.07, 6.45) is 1.12. The van der Waals surface area contributed by atoms with E-state index in [1.165, 1.54) is 5.56 Å². The van der Waals surface area contributed by atoms with Crippen LogP contribution in [0.5, 0.6) is 5.75 Å². The van der Waals surface area contributed by atoms with E-state index >= 15 is 0 Å². The number of ether oxygens (including phenoxy) is 1. The van der Waals surface area contributed by atoms with Crippen molar-refractivity contribution >= 4 is 5.78 Å². The van der Waals surface area contributed by atoms with E-state index in [0.29, 0.717) is 12.5 Å². The molecule has 0 heterocycles. The molecule has 0 spiro atoms. The molecule has 0 aromatic heterocycles. The van der Waals surface area contributed by atoms with Crippen LogP contribution in [0.2, 0.25) is 0 Å². The van der Waals surface area contributed by atoms with E-state index in [0.717, 1.165) is 18.8 Å². The Bertz CT molecular complexity index is 383. The Labute approximate surface area is 130 Å². The van der Waals surface area contributed by atoms with Crippen LogP contribution in [-0.4, -0.2) is 26.0 Å². The molecule has 3 nitrogen and oxygen atoms in total. The molecular weight excluding hydrogens is 262 g/mol. The number of carbonyl (C=O) groups is 1. The molecule has 0 atom stereocenters. The molecule has 0 radical (unpaired) electrons. The maximum absolute atomic E-state index is 10.7. The van der Waals surface area contributed by atoms with Crippen molar-refractivity contribution in [3.8, 4) is 5.75 Å². The molecule has 0 amide bonds. The highest BCUT2D eigenvalue weighted by molar-refractivity contribution is 5.82. The van der Waals surface area contributed by atoms with Crippen molar-refractivity contribution in [2.24, 2.45) is 11.8 Å². The highest BCUT2D eigenvalue weighted by atomic mass is 16.5. The predicted molar refractivity (Wildman–Crippen MR) is 89.9 cm³/mol. The van der Waals surface area contributed by atoms with Crippen molar-refractivity contribution in [2.45, 2.75) is 41.0 Å². The minimum atomic E-state index is 0.169. The smallest absolute Gasteiger partial charge is 0.149 e. The van der Waals surface area contributed by atoms with Crippen LogP contribution in [0.4, 0.5) is 0 Å². The van der Waals surface area contributed by atoms with E-state index in [1.807, 2.05) is 26.0 Å². The van der Waals surface area contributed by atoms with Crippen LogP contribution in [0.15, 0.2) is 24.3 Å². The first kappa shape index (κ1) is 19.7. The molecule has 0 aliphatic heterocycles. The molecule has 1 aromatic rings. The van der Waals surface area contributed by atoms with Gasteiger partial charge in [-0.25, -0.2) is 0 Å². The number of hydrogen-bond acceptors (Lipinski definition) is 3. The monoisotopic (exact) mass is 293 g/mol. The average Bonchev–Trinajstić information content (AvgIpc) is 2.41. The van der Waals surface area contributed by atoms with Crippen LogP contribution >= 0.6 is 0 Å². The number of Topliss-reactive ketones (excluding diaryl/α,β-unsaturated/α-hetero) is 1. The molecule has 120 valence electrons. The van der Waals surface area contributed by atoms with Gasteiger partial charge >= 0.3 is 0 Å². The van der Waals surface area contributed by atoms with E-state index in [4.69, 9.17) is 4.74 Å². The minimum absolute atomic E-state index is 0.169. The minimum Gasteiger partial charge on any atom is -0.494 e. The van der Waals surface area contributed by atoms with Gasteiger partial charge in [0.2, 0.25) is 0 Å². The van der Waals surface area contributed by atoms with Crippen LogP contribution in [0, 0.1) is 18.8 Å². The first-order valence-electron chi connectivity index (χ1n) is 7.73. The third-order valence-corrected chi connectivity index (χ3v) is 2.98. The maximum Gasteiger partial charge on any atom is 0.149 e. The van der Waals surface area contributed by atoms with Crippen LogP contribution in [0.3, 0.4) is 0 Å². The second-order valence-corrected chi connectivity index (χ2v) is 6.00. The van der Waals surface area contributed by atoms with Gasteiger partial charge in [0.15, 0.2) is 0 Å². The molecule has 0 bridgehead atoms. The first-order chi connectivity index (χ1) is 9.86. The van der Waals surface area contributed by atoms with Crippen molar-refractivity contribution in [1.82, 2.24) is 5.32 Å². The summed E-state index contributed by atoms with van der Waals surface area (Å²) in [7, 11) is 1.78. The molecule has 1 aromatic carbocycles. The summed E-state index contributed by atoms with van der Waals surface area (Å²) in [5, 5.41) is 2.80. The third-order valence-electron chi connectivity index (χ3n) is 2.98. The van der Waals surface area contributed by atoms with Gasteiger partial charge in [0.05, 0.1) is 13.2 Å². The number of ketones is 1. The van der Waals surface area contributed by atoms with Gasteiger partial charge in [-0.15, -0.1) is 0 Å². The van der Waals surface area contributed by atoms with E-state index in [9.17, 15) is 4.79 Å². The topological polar surface area (TPSA) is 38.3 Å². The SMILES string of the molecule is CNCC(=O)C(C)C.Cc1ccc(OCCC(C)C)cc1. The Balaban J connectivity index is 0.000000433. The van der Waals surface area contributed by atoms with Gasteiger partial charge in [-0.2, -0.15) is 0 Å². The normalized spacial score (nSPS) is 10.3. The molecular formula is C18H31NO2. The predicted octanol–water partition coefficient (Wildman–Crippen LogP) is 3.85. The number of benzene rings is 1. The molecule has 3 heteroatoms. The number of hydrogen-bond donors (Lipinski definition) is 1. The Kier molecular flexibility index (Phi) is 10.6. The molecule has 0 aliphatic carbocycles. The van der Waals surface area contributed by atoms with E-state index in [2.05, 4.69) is 38.2 Å². The van der Waals surface area contributed by atoms with Crippen LogP contribution < -0.4 is 10.1 Å². The molecule has 1 rings (SSSR count). The molecule has 0 fully saturated rings. The summed E-state index contributed by atoms with van der Waals surface area (Å²) >= 11 is 0. The van der Waals surface area contributed by atoms with Gasteiger partial charge in [0, 0.05) is 5.92 Å². The molecule has 0 saturated heterocycles. The molecule has 0 unspecified atom stereocenters. The van der Waals surface area contributed by atoms with Gasteiger partial charge in [0.25, 0.3) is 0 Å². The summed E-state index contributed by atoms with van der Waals surface area (Å²) < 4.78 is 5.57. The van der Waals surface area contributed by atoms with Crippen molar-refractivity contribution in [3.05, 3.63) is 29.8 Å². The number of nitrogens with one attached hydrogen (secondary N) is 1. The summed E-state index contributed by atoms with van der Waals surface area (Å²) in [6, 6.07) is 8.20.